The molecule has 0 saturated carbocycles. The summed E-state index contributed by atoms with van der Waals surface area (Å²) in [7, 11) is 0. The van der Waals surface area contributed by atoms with Gasteiger partial charge in [0.25, 0.3) is 0 Å². The molecule has 0 aliphatic heterocycles. The second kappa shape index (κ2) is 4.49. The van der Waals surface area contributed by atoms with Crippen LogP contribution < -0.4 is 0 Å². The zero-order valence-corrected chi connectivity index (χ0v) is 10.0. The maximum absolute atomic E-state index is 5.61. The van der Waals surface area contributed by atoms with Crippen molar-refractivity contribution in [3.05, 3.63) is 42.6 Å². The van der Waals surface area contributed by atoms with E-state index in [1.165, 1.54) is 0 Å². The van der Waals surface area contributed by atoms with Gasteiger partial charge in [-0.25, -0.2) is 9.97 Å². The molecule has 1 aromatic carbocycles. The van der Waals surface area contributed by atoms with Gasteiger partial charge < -0.3 is 4.42 Å². The average molecular weight is 253 g/mol. The minimum atomic E-state index is 0.495. The van der Waals surface area contributed by atoms with E-state index in [2.05, 4.69) is 32.3 Å². The van der Waals surface area contributed by atoms with Crippen LogP contribution in [0.1, 0.15) is 0 Å². The maximum atomic E-state index is 5.61. The van der Waals surface area contributed by atoms with Crippen molar-refractivity contribution in [2.24, 2.45) is 4.99 Å². The van der Waals surface area contributed by atoms with Gasteiger partial charge in [0.15, 0.2) is 5.58 Å². The van der Waals surface area contributed by atoms with E-state index < -0.39 is 0 Å². The number of benzene rings is 1. The van der Waals surface area contributed by atoms with Crippen LogP contribution in [0.4, 0.5) is 5.69 Å². The number of rotatable bonds is 2. The van der Waals surface area contributed by atoms with E-state index in [1.54, 1.807) is 18.3 Å². The van der Waals surface area contributed by atoms with Crippen LogP contribution in [0.25, 0.3) is 22.7 Å². The summed E-state index contributed by atoms with van der Waals surface area (Å²) >= 11 is 4.53. The molecule has 18 heavy (non-hydrogen) atoms. The highest BCUT2D eigenvalue weighted by Crippen LogP contribution is 2.23. The van der Waals surface area contributed by atoms with Crippen molar-refractivity contribution >= 4 is 34.2 Å². The molecule has 0 N–H and O–H groups in total. The van der Waals surface area contributed by atoms with Crippen molar-refractivity contribution in [1.29, 1.82) is 0 Å². The zero-order chi connectivity index (χ0) is 12.4. The Balaban J connectivity index is 2.05. The molecule has 0 atom stereocenters. The average Bonchev–Trinajstić information content (AvgIpc) is 2.84. The Kier molecular flexibility index (Phi) is 2.68. The molecule has 3 rings (SSSR count). The fourth-order valence-corrected chi connectivity index (χ4v) is 1.72. The first-order valence-corrected chi connectivity index (χ1v) is 5.67. The van der Waals surface area contributed by atoms with Gasteiger partial charge in [-0.2, -0.15) is 4.99 Å². The predicted octanol–water partition coefficient (Wildman–Crippen LogP) is 3.62. The lowest BCUT2D eigenvalue weighted by Gasteiger charge is -1.94. The highest BCUT2D eigenvalue weighted by molar-refractivity contribution is 7.78. The standard InChI is InChI=1S/C13H7N3OS/c18-8-15-9-5-6-11(14-7-9)13-16-10-3-1-2-4-12(10)17-13/h1-7H. The summed E-state index contributed by atoms with van der Waals surface area (Å²) in [6.45, 7) is 0. The first-order valence-electron chi connectivity index (χ1n) is 5.27. The van der Waals surface area contributed by atoms with Gasteiger partial charge in [-0.15, -0.1) is 0 Å². The Morgan fingerprint density at radius 3 is 2.78 bits per heavy atom. The first kappa shape index (κ1) is 10.8. The summed E-state index contributed by atoms with van der Waals surface area (Å²) in [5.41, 5.74) is 2.88. The smallest absolute Gasteiger partial charge is 0.246 e. The minimum Gasteiger partial charge on any atom is -0.435 e. The molecule has 5 heteroatoms. The second-order valence-electron chi connectivity index (χ2n) is 3.59. The number of thiocarbonyl (C=S) groups is 1. The van der Waals surface area contributed by atoms with E-state index in [0.717, 1.165) is 11.1 Å². The molecule has 0 bridgehead atoms. The molecule has 2 aromatic heterocycles. The third-order valence-electron chi connectivity index (χ3n) is 2.44. The summed E-state index contributed by atoms with van der Waals surface area (Å²) in [6.07, 6.45) is 1.60. The molecule has 2 heterocycles. The quantitative estimate of drug-likeness (QED) is 0.517. The van der Waals surface area contributed by atoms with E-state index in [-0.39, 0.29) is 0 Å². The van der Waals surface area contributed by atoms with Gasteiger partial charge in [-0.1, -0.05) is 12.1 Å². The summed E-state index contributed by atoms with van der Waals surface area (Å²) in [5, 5.41) is 2.29. The number of hydrogen-bond acceptors (Lipinski definition) is 5. The normalized spacial score (nSPS) is 10.2. The fraction of sp³-hybridized carbons (Fsp3) is 0. The molecule has 0 aliphatic rings. The van der Waals surface area contributed by atoms with Crippen LogP contribution in [0.5, 0.6) is 0 Å². The Morgan fingerprint density at radius 1 is 1.17 bits per heavy atom. The Morgan fingerprint density at radius 2 is 2.06 bits per heavy atom. The van der Waals surface area contributed by atoms with E-state index in [4.69, 9.17) is 4.42 Å². The highest BCUT2D eigenvalue weighted by Gasteiger charge is 2.08. The molecule has 0 unspecified atom stereocenters. The Hall–Kier alpha value is -2.36. The van der Waals surface area contributed by atoms with Gasteiger partial charge in [0, 0.05) is 0 Å². The summed E-state index contributed by atoms with van der Waals surface area (Å²) in [6, 6.07) is 11.2. The van der Waals surface area contributed by atoms with E-state index in [1.807, 2.05) is 24.3 Å². The molecule has 86 valence electrons. The third-order valence-corrected chi connectivity index (χ3v) is 2.53. The molecule has 0 fully saturated rings. The Labute approximate surface area is 108 Å². The Bertz CT molecular complexity index is 709. The van der Waals surface area contributed by atoms with Crippen molar-refractivity contribution in [1.82, 2.24) is 9.97 Å². The molecule has 0 saturated heterocycles. The molecule has 0 aliphatic carbocycles. The number of aromatic nitrogens is 2. The van der Waals surface area contributed by atoms with Gasteiger partial charge in [0.2, 0.25) is 5.89 Å². The monoisotopic (exact) mass is 253 g/mol. The molecular formula is C13H7N3OS. The molecule has 0 amide bonds. The largest absolute Gasteiger partial charge is 0.435 e. The van der Waals surface area contributed by atoms with E-state index in [0.29, 0.717) is 17.3 Å². The predicted molar refractivity (Wildman–Crippen MR) is 71.9 cm³/mol. The number of isothiocyanates is 1. The molecule has 0 spiro atoms. The second-order valence-corrected chi connectivity index (χ2v) is 3.77. The molecule has 0 radical (unpaired) electrons. The SMILES string of the molecule is S=C=Nc1ccc(-c2nc3ccccc3o2)nc1. The number of nitrogens with zero attached hydrogens (tertiary/aromatic N) is 3. The van der Waals surface area contributed by atoms with Crippen LogP contribution in [0.15, 0.2) is 52.0 Å². The van der Waals surface area contributed by atoms with E-state index in [9.17, 15) is 0 Å². The van der Waals surface area contributed by atoms with Crippen LogP contribution in [0.2, 0.25) is 0 Å². The number of hydrogen-bond donors (Lipinski definition) is 0. The van der Waals surface area contributed by atoms with Gasteiger partial charge in [0.1, 0.15) is 11.2 Å². The van der Waals surface area contributed by atoms with Gasteiger partial charge in [-0.3, -0.25) is 0 Å². The number of oxazole rings is 1. The summed E-state index contributed by atoms with van der Waals surface area (Å²) in [4.78, 5) is 12.4. The van der Waals surface area contributed by atoms with Crippen molar-refractivity contribution < 1.29 is 4.42 Å². The van der Waals surface area contributed by atoms with Crippen LogP contribution in [-0.4, -0.2) is 15.1 Å². The van der Waals surface area contributed by atoms with Crippen molar-refractivity contribution in [2.45, 2.75) is 0 Å². The lowest BCUT2D eigenvalue weighted by molar-refractivity contribution is 0.617. The van der Waals surface area contributed by atoms with Crippen molar-refractivity contribution in [3.8, 4) is 11.6 Å². The number of fused-ring (bicyclic) bond motifs is 1. The lowest BCUT2D eigenvalue weighted by Crippen LogP contribution is -1.81. The van der Waals surface area contributed by atoms with Gasteiger partial charge in [-0.05, 0) is 36.5 Å². The van der Waals surface area contributed by atoms with Gasteiger partial charge in [0.05, 0.1) is 17.0 Å². The number of aliphatic imine (C=N–C) groups is 1. The fourth-order valence-electron chi connectivity index (χ4n) is 1.61. The summed E-state index contributed by atoms with van der Waals surface area (Å²) < 4.78 is 5.61. The van der Waals surface area contributed by atoms with Crippen LogP contribution in [0, 0.1) is 0 Å². The van der Waals surface area contributed by atoms with Crippen LogP contribution >= 0.6 is 12.2 Å². The topological polar surface area (TPSA) is 51.3 Å². The van der Waals surface area contributed by atoms with Crippen LogP contribution in [-0.2, 0) is 0 Å². The van der Waals surface area contributed by atoms with E-state index >= 15 is 0 Å². The minimum absolute atomic E-state index is 0.495. The number of para-hydroxylation sites is 2. The maximum Gasteiger partial charge on any atom is 0.246 e. The zero-order valence-electron chi connectivity index (χ0n) is 9.20. The number of pyridine rings is 1. The third kappa shape index (κ3) is 1.93. The van der Waals surface area contributed by atoms with Crippen molar-refractivity contribution in [2.75, 3.05) is 0 Å². The highest BCUT2D eigenvalue weighted by atomic mass is 32.1. The first-order chi connectivity index (χ1) is 8.86. The van der Waals surface area contributed by atoms with Crippen molar-refractivity contribution in [3.63, 3.8) is 0 Å². The van der Waals surface area contributed by atoms with Crippen LogP contribution in [0.3, 0.4) is 0 Å². The molecular weight excluding hydrogens is 246 g/mol. The van der Waals surface area contributed by atoms with Gasteiger partial charge >= 0.3 is 0 Å². The molecule has 4 nitrogen and oxygen atoms in total. The molecule has 3 aromatic rings. The lowest BCUT2D eigenvalue weighted by atomic mass is 10.3. The summed E-state index contributed by atoms with van der Waals surface area (Å²) in [5.74, 6) is 0.495.